The third kappa shape index (κ3) is 13.2. The van der Waals surface area contributed by atoms with Gasteiger partial charge in [-0.3, -0.25) is 4.68 Å². The van der Waals surface area contributed by atoms with Crippen LogP contribution in [0.25, 0.3) is 0 Å². The van der Waals surface area contributed by atoms with E-state index in [9.17, 15) is 0 Å². The average molecular weight is 462 g/mol. The first-order chi connectivity index (χ1) is 16.7. The molecule has 0 saturated carbocycles. The highest BCUT2D eigenvalue weighted by molar-refractivity contribution is 5.18. The van der Waals surface area contributed by atoms with Gasteiger partial charge in [-0.1, -0.05) is 108 Å². The molecule has 0 aliphatic heterocycles. The molecule has 0 atom stereocenters. The molecule has 4 heteroatoms. The molecule has 0 amide bonds. The molecule has 0 spiro atoms. The van der Waals surface area contributed by atoms with Gasteiger partial charge in [0.15, 0.2) is 0 Å². The molecular formula is C30H43N3O. The zero-order valence-corrected chi connectivity index (χ0v) is 22.3. The van der Waals surface area contributed by atoms with Crippen LogP contribution in [-0.4, -0.2) is 14.8 Å². The molecule has 2 aromatic carbocycles. The van der Waals surface area contributed by atoms with Crippen molar-refractivity contribution >= 4 is 0 Å². The second-order valence-electron chi connectivity index (χ2n) is 6.65. The maximum Gasteiger partial charge on any atom is 0.213 e. The summed E-state index contributed by atoms with van der Waals surface area (Å²) in [4.78, 5) is 4.17. The fraction of sp³-hybridized carbons (Fsp3) is 0.333. The van der Waals surface area contributed by atoms with Gasteiger partial charge in [-0.25, -0.2) is 4.98 Å². The van der Waals surface area contributed by atoms with E-state index < -0.39 is 0 Å². The van der Waals surface area contributed by atoms with Crippen LogP contribution in [-0.2, 0) is 13.2 Å². The number of benzene rings is 2. The Morgan fingerprint density at radius 1 is 0.647 bits per heavy atom. The summed E-state index contributed by atoms with van der Waals surface area (Å²) < 4.78 is 7.48. The third-order valence-electron chi connectivity index (χ3n) is 4.06. The van der Waals surface area contributed by atoms with Gasteiger partial charge in [0.05, 0.1) is 12.7 Å². The van der Waals surface area contributed by atoms with Gasteiger partial charge in [0.2, 0.25) is 5.88 Å². The summed E-state index contributed by atoms with van der Waals surface area (Å²) in [5, 5.41) is 4.23. The van der Waals surface area contributed by atoms with E-state index in [1.807, 2.05) is 126 Å². The molecule has 0 N–H and O–H groups in total. The van der Waals surface area contributed by atoms with Crippen LogP contribution in [0.15, 0.2) is 91.4 Å². The van der Waals surface area contributed by atoms with Gasteiger partial charge < -0.3 is 4.74 Å². The molecule has 2 aromatic heterocycles. The maximum absolute atomic E-state index is 5.54. The first-order valence-electron chi connectivity index (χ1n) is 12.3. The third-order valence-corrected chi connectivity index (χ3v) is 4.06. The number of hydrogen-bond acceptors (Lipinski definition) is 3. The standard InChI is InChI=1S/C13H13NO.C11H12N2.3C2H6/c1-11-7-8-13(14-9-11)15-10-12-5-3-2-4-6-12;1-10-7-12-13(8-10)9-11-5-3-2-4-6-11;3*1-2/h2-9H,10H2,1H3;2-8H,9H2,1H3;3*1-2H3. The van der Waals surface area contributed by atoms with Gasteiger partial charge in [-0.05, 0) is 36.1 Å². The summed E-state index contributed by atoms with van der Waals surface area (Å²) in [5.41, 5.74) is 4.78. The molecule has 0 unspecified atom stereocenters. The molecule has 4 aromatic rings. The molecule has 0 radical (unpaired) electrons. The van der Waals surface area contributed by atoms with Crippen LogP contribution >= 0.6 is 0 Å². The van der Waals surface area contributed by atoms with Gasteiger partial charge in [-0.2, -0.15) is 5.10 Å². The second kappa shape index (κ2) is 20.2. The fourth-order valence-electron chi connectivity index (χ4n) is 2.60. The molecule has 0 saturated heterocycles. The van der Waals surface area contributed by atoms with Gasteiger partial charge in [-0.15, -0.1) is 0 Å². The Balaban J connectivity index is 0.000000529. The molecule has 184 valence electrons. The Morgan fingerprint density at radius 3 is 1.68 bits per heavy atom. The molecule has 0 aliphatic rings. The Labute approximate surface area is 207 Å². The minimum Gasteiger partial charge on any atom is -0.473 e. The van der Waals surface area contributed by atoms with E-state index in [1.54, 1.807) is 6.20 Å². The van der Waals surface area contributed by atoms with Crippen molar-refractivity contribution in [1.29, 1.82) is 0 Å². The Hall–Kier alpha value is -3.40. The second-order valence-corrected chi connectivity index (χ2v) is 6.65. The van der Waals surface area contributed by atoms with Gasteiger partial charge in [0, 0.05) is 18.5 Å². The summed E-state index contributed by atoms with van der Waals surface area (Å²) in [7, 11) is 0. The topological polar surface area (TPSA) is 39.9 Å². The highest BCUT2D eigenvalue weighted by Crippen LogP contribution is 2.09. The molecule has 4 nitrogen and oxygen atoms in total. The van der Waals surface area contributed by atoms with Crippen LogP contribution in [0.1, 0.15) is 63.8 Å². The number of ether oxygens (including phenoxy) is 1. The number of aryl methyl sites for hydroxylation is 2. The quantitative estimate of drug-likeness (QED) is 0.300. The van der Waals surface area contributed by atoms with Crippen LogP contribution < -0.4 is 4.74 Å². The monoisotopic (exact) mass is 461 g/mol. The largest absolute Gasteiger partial charge is 0.473 e. The van der Waals surface area contributed by atoms with E-state index in [0.29, 0.717) is 12.5 Å². The Morgan fingerprint density at radius 2 is 1.21 bits per heavy atom. The van der Waals surface area contributed by atoms with Crippen molar-refractivity contribution in [3.8, 4) is 5.88 Å². The van der Waals surface area contributed by atoms with Crippen molar-refractivity contribution in [1.82, 2.24) is 14.8 Å². The summed E-state index contributed by atoms with van der Waals surface area (Å²) in [6, 6.07) is 24.3. The predicted molar refractivity (Wildman–Crippen MR) is 146 cm³/mol. The lowest BCUT2D eigenvalue weighted by atomic mass is 10.2. The molecule has 0 aliphatic carbocycles. The number of rotatable bonds is 5. The lowest BCUT2D eigenvalue weighted by Crippen LogP contribution is -1.98. The van der Waals surface area contributed by atoms with E-state index in [1.165, 1.54) is 11.1 Å². The first kappa shape index (κ1) is 30.6. The summed E-state index contributed by atoms with van der Waals surface area (Å²) in [6.45, 7) is 17.5. The summed E-state index contributed by atoms with van der Waals surface area (Å²) in [6.07, 6.45) is 5.73. The van der Waals surface area contributed by atoms with Crippen molar-refractivity contribution < 1.29 is 4.74 Å². The van der Waals surface area contributed by atoms with Gasteiger partial charge in [0.1, 0.15) is 6.61 Å². The van der Waals surface area contributed by atoms with Crippen LogP contribution in [0.2, 0.25) is 0 Å². The fourth-order valence-corrected chi connectivity index (χ4v) is 2.60. The minimum absolute atomic E-state index is 0.566. The van der Waals surface area contributed by atoms with Gasteiger partial charge >= 0.3 is 0 Å². The van der Waals surface area contributed by atoms with Crippen molar-refractivity contribution in [2.75, 3.05) is 0 Å². The lowest BCUT2D eigenvalue weighted by Gasteiger charge is -2.04. The SMILES string of the molecule is CC.CC.CC.Cc1ccc(OCc2ccccc2)nc1.Cc1cnn(Cc2ccccc2)c1. The van der Waals surface area contributed by atoms with Crippen LogP contribution in [0.3, 0.4) is 0 Å². The minimum atomic E-state index is 0.566. The average Bonchev–Trinajstić information content (AvgIpc) is 3.33. The highest BCUT2D eigenvalue weighted by Gasteiger charge is 1.96. The molecule has 34 heavy (non-hydrogen) atoms. The highest BCUT2D eigenvalue weighted by atomic mass is 16.5. The smallest absolute Gasteiger partial charge is 0.213 e. The summed E-state index contributed by atoms with van der Waals surface area (Å²) in [5.74, 6) is 0.671. The Kier molecular flexibility index (Phi) is 18.2. The van der Waals surface area contributed by atoms with Crippen molar-refractivity contribution in [3.05, 3.63) is 114 Å². The lowest BCUT2D eigenvalue weighted by molar-refractivity contribution is 0.294. The molecule has 0 fully saturated rings. The maximum atomic E-state index is 5.54. The van der Waals surface area contributed by atoms with E-state index in [2.05, 4.69) is 29.1 Å². The van der Waals surface area contributed by atoms with Crippen molar-refractivity contribution in [2.45, 2.75) is 68.5 Å². The zero-order chi connectivity index (χ0) is 25.6. The van der Waals surface area contributed by atoms with Crippen LogP contribution in [0, 0.1) is 13.8 Å². The number of hydrogen-bond donors (Lipinski definition) is 0. The number of pyridine rings is 1. The molecule has 4 rings (SSSR count). The Bertz CT molecular complexity index is 949. The predicted octanol–water partition coefficient (Wildman–Crippen LogP) is 8.29. The van der Waals surface area contributed by atoms with Gasteiger partial charge in [0.25, 0.3) is 0 Å². The zero-order valence-electron chi connectivity index (χ0n) is 22.3. The van der Waals surface area contributed by atoms with E-state index in [0.717, 1.165) is 17.7 Å². The normalized spacial score (nSPS) is 8.82. The van der Waals surface area contributed by atoms with E-state index >= 15 is 0 Å². The van der Waals surface area contributed by atoms with E-state index in [-0.39, 0.29) is 0 Å². The number of nitrogens with zero attached hydrogens (tertiary/aromatic N) is 3. The molecule has 0 bridgehead atoms. The van der Waals surface area contributed by atoms with Crippen molar-refractivity contribution in [3.63, 3.8) is 0 Å². The van der Waals surface area contributed by atoms with E-state index in [4.69, 9.17) is 4.74 Å². The van der Waals surface area contributed by atoms with Crippen LogP contribution in [0.5, 0.6) is 5.88 Å². The first-order valence-corrected chi connectivity index (χ1v) is 12.3. The molecular weight excluding hydrogens is 418 g/mol. The van der Waals surface area contributed by atoms with Crippen molar-refractivity contribution in [2.24, 2.45) is 0 Å². The van der Waals surface area contributed by atoms with Crippen LogP contribution in [0.4, 0.5) is 0 Å². The molecule has 2 heterocycles. The number of aromatic nitrogens is 3. The summed E-state index contributed by atoms with van der Waals surface area (Å²) >= 11 is 0.